The summed E-state index contributed by atoms with van der Waals surface area (Å²) in [6.07, 6.45) is 0.413. The van der Waals surface area contributed by atoms with Crippen molar-refractivity contribution in [1.29, 1.82) is 0 Å². The van der Waals surface area contributed by atoms with Crippen molar-refractivity contribution < 1.29 is 13.9 Å². The molecule has 1 saturated heterocycles. The molecule has 0 spiro atoms. The summed E-state index contributed by atoms with van der Waals surface area (Å²) in [6.45, 7) is 6.24. The highest BCUT2D eigenvalue weighted by molar-refractivity contribution is 5.55. The molecule has 0 radical (unpaired) electrons. The summed E-state index contributed by atoms with van der Waals surface area (Å²) in [4.78, 5) is 6.84. The smallest absolute Gasteiger partial charge is 0.233 e. The van der Waals surface area contributed by atoms with Gasteiger partial charge in [0.05, 0.1) is 19.6 Å². The topological polar surface area (TPSA) is 90.3 Å². The van der Waals surface area contributed by atoms with Crippen molar-refractivity contribution in [2.45, 2.75) is 19.9 Å². The van der Waals surface area contributed by atoms with Crippen molar-refractivity contribution in [2.75, 3.05) is 26.3 Å². The van der Waals surface area contributed by atoms with Crippen molar-refractivity contribution in [2.24, 2.45) is 0 Å². The molecule has 1 aliphatic rings. The third kappa shape index (κ3) is 3.75. The van der Waals surface area contributed by atoms with Gasteiger partial charge in [0.2, 0.25) is 11.7 Å². The maximum Gasteiger partial charge on any atom is 0.233 e. The second-order valence-corrected chi connectivity index (χ2v) is 6.07. The Kier molecular flexibility index (Phi) is 4.53. The Morgan fingerprint density at radius 1 is 1.12 bits per heavy atom. The fraction of sp³-hybridized carbons (Fsp3) is 0.412. The van der Waals surface area contributed by atoms with Crippen LogP contribution in [0.15, 0.2) is 33.4 Å². The molecular formula is C17H19N5O3. The van der Waals surface area contributed by atoms with Crippen molar-refractivity contribution in [3.63, 3.8) is 0 Å². The third-order valence-corrected chi connectivity index (χ3v) is 4.23. The van der Waals surface area contributed by atoms with Gasteiger partial charge in [-0.2, -0.15) is 4.98 Å². The Morgan fingerprint density at radius 2 is 2.00 bits per heavy atom. The second kappa shape index (κ2) is 7.12. The van der Waals surface area contributed by atoms with Crippen LogP contribution >= 0.6 is 0 Å². The molecule has 25 heavy (non-hydrogen) atoms. The van der Waals surface area contributed by atoms with Gasteiger partial charge in [-0.15, -0.1) is 0 Å². The monoisotopic (exact) mass is 341 g/mol. The van der Waals surface area contributed by atoms with Gasteiger partial charge in [0.1, 0.15) is 11.4 Å². The molecule has 0 unspecified atom stereocenters. The Bertz CT molecular complexity index is 838. The summed E-state index contributed by atoms with van der Waals surface area (Å²) in [5.74, 6) is 1.07. The molecule has 3 aromatic rings. The number of ether oxygens (including phenoxy) is 1. The fourth-order valence-corrected chi connectivity index (χ4v) is 2.82. The number of nitrogens with zero attached hydrogens (tertiary/aromatic N) is 5. The largest absolute Gasteiger partial charge is 0.379 e. The van der Waals surface area contributed by atoms with Gasteiger partial charge in [-0.1, -0.05) is 33.7 Å². The number of benzene rings is 1. The number of hydrogen-bond acceptors (Lipinski definition) is 8. The molecule has 8 heteroatoms. The standard InChI is InChI=1S/C17H19N5O3/c1-12-15(20-25-19-12)10-16-18-17(21-24-16)14-4-2-3-13(9-14)11-22-5-7-23-8-6-22/h2-4,9H,5-8,10-11H2,1H3. The van der Waals surface area contributed by atoms with E-state index in [-0.39, 0.29) is 0 Å². The van der Waals surface area contributed by atoms with Crippen LogP contribution in [0.25, 0.3) is 11.4 Å². The molecular weight excluding hydrogens is 322 g/mol. The van der Waals surface area contributed by atoms with Crippen LogP contribution in [0.2, 0.25) is 0 Å². The van der Waals surface area contributed by atoms with Crippen LogP contribution in [0, 0.1) is 6.92 Å². The summed E-state index contributed by atoms with van der Waals surface area (Å²) in [5.41, 5.74) is 3.60. The SMILES string of the molecule is Cc1nonc1Cc1nc(-c2cccc(CN3CCOCC3)c2)no1. The van der Waals surface area contributed by atoms with Gasteiger partial charge in [-0.25, -0.2) is 4.63 Å². The van der Waals surface area contributed by atoms with Gasteiger partial charge in [-0.3, -0.25) is 4.90 Å². The van der Waals surface area contributed by atoms with Crippen molar-refractivity contribution in [3.05, 3.63) is 47.1 Å². The minimum absolute atomic E-state index is 0.413. The Balaban J connectivity index is 1.48. The lowest BCUT2D eigenvalue weighted by atomic mass is 10.1. The maximum atomic E-state index is 5.39. The molecule has 0 atom stereocenters. The molecule has 130 valence electrons. The molecule has 0 bridgehead atoms. The van der Waals surface area contributed by atoms with Crippen LogP contribution in [-0.4, -0.2) is 51.7 Å². The maximum absolute atomic E-state index is 5.39. The van der Waals surface area contributed by atoms with Gasteiger partial charge in [0.25, 0.3) is 0 Å². The van der Waals surface area contributed by atoms with E-state index in [1.807, 2.05) is 19.1 Å². The summed E-state index contributed by atoms with van der Waals surface area (Å²) in [6, 6.07) is 8.23. The van der Waals surface area contributed by atoms with Crippen LogP contribution in [0.4, 0.5) is 0 Å². The zero-order chi connectivity index (χ0) is 17.1. The molecule has 0 aliphatic carbocycles. The average Bonchev–Trinajstić information content (AvgIpc) is 3.26. The highest BCUT2D eigenvalue weighted by atomic mass is 16.6. The van der Waals surface area contributed by atoms with E-state index in [4.69, 9.17) is 13.9 Å². The van der Waals surface area contributed by atoms with Crippen LogP contribution in [0.5, 0.6) is 0 Å². The molecule has 1 fully saturated rings. The molecule has 0 saturated carbocycles. The van der Waals surface area contributed by atoms with E-state index in [9.17, 15) is 0 Å². The van der Waals surface area contributed by atoms with E-state index in [0.29, 0.717) is 23.8 Å². The molecule has 0 amide bonds. The van der Waals surface area contributed by atoms with Gasteiger partial charge in [0, 0.05) is 25.2 Å². The number of rotatable bonds is 5. The minimum Gasteiger partial charge on any atom is -0.379 e. The van der Waals surface area contributed by atoms with Gasteiger partial charge < -0.3 is 9.26 Å². The lowest BCUT2D eigenvalue weighted by molar-refractivity contribution is 0.0342. The van der Waals surface area contributed by atoms with E-state index >= 15 is 0 Å². The van der Waals surface area contributed by atoms with E-state index in [1.165, 1.54) is 5.56 Å². The van der Waals surface area contributed by atoms with E-state index < -0.39 is 0 Å². The summed E-state index contributed by atoms with van der Waals surface area (Å²) >= 11 is 0. The number of hydrogen-bond donors (Lipinski definition) is 0. The van der Waals surface area contributed by atoms with Crippen LogP contribution < -0.4 is 0 Å². The minimum atomic E-state index is 0.413. The molecule has 8 nitrogen and oxygen atoms in total. The summed E-state index contributed by atoms with van der Waals surface area (Å²) < 4.78 is 15.4. The third-order valence-electron chi connectivity index (χ3n) is 4.23. The lowest BCUT2D eigenvalue weighted by Crippen LogP contribution is -2.35. The van der Waals surface area contributed by atoms with Gasteiger partial charge in [0.15, 0.2) is 0 Å². The van der Waals surface area contributed by atoms with Crippen molar-refractivity contribution in [1.82, 2.24) is 25.4 Å². The highest BCUT2D eigenvalue weighted by Gasteiger charge is 2.15. The first kappa shape index (κ1) is 15.9. The van der Waals surface area contributed by atoms with Crippen molar-refractivity contribution >= 4 is 0 Å². The van der Waals surface area contributed by atoms with Crippen molar-refractivity contribution in [3.8, 4) is 11.4 Å². The quantitative estimate of drug-likeness (QED) is 0.694. The van der Waals surface area contributed by atoms with Crippen LogP contribution in [0.3, 0.4) is 0 Å². The molecule has 2 aromatic heterocycles. The highest BCUT2D eigenvalue weighted by Crippen LogP contribution is 2.20. The predicted molar refractivity (Wildman–Crippen MR) is 87.7 cm³/mol. The first-order valence-corrected chi connectivity index (χ1v) is 8.28. The first-order chi connectivity index (χ1) is 12.3. The lowest BCUT2D eigenvalue weighted by Gasteiger charge is -2.26. The molecule has 1 aromatic carbocycles. The van der Waals surface area contributed by atoms with E-state index in [2.05, 4.69) is 37.5 Å². The molecule has 3 heterocycles. The second-order valence-electron chi connectivity index (χ2n) is 6.07. The Hall–Kier alpha value is -2.58. The van der Waals surface area contributed by atoms with Gasteiger partial charge in [-0.05, 0) is 18.6 Å². The van der Waals surface area contributed by atoms with E-state index in [0.717, 1.165) is 44.1 Å². The predicted octanol–water partition coefficient (Wildman–Crippen LogP) is 1.85. The van der Waals surface area contributed by atoms with E-state index in [1.54, 1.807) is 0 Å². The molecule has 4 rings (SSSR count). The summed E-state index contributed by atoms with van der Waals surface area (Å²) in [5, 5.41) is 11.7. The Morgan fingerprint density at radius 3 is 2.80 bits per heavy atom. The molecule has 0 N–H and O–H groups in total. The number of aromatic nitrogens is 4. The average molecular weight is 341 g/mol. The first-order valence-electron chi connectivity index (χ1n) is 8.28. The zero-order valence-electron chi connectivity index (χ0n) is 14.0. The van der Waals surface area contributed by atoms with Crippen LogP contribution in [-0.2, 0) is 17.7 Å². The summed E-state index contributed by atoms with van der Waals surface area (Å²) in [7, 11) is 0. The zero-order valence-corrected chi connectivity index (χ0v) is 14.0. The normalized spacial score (nSPS) is 15.6. The number of morpholine rings is 1. The molecule has 1 aliphatic heterocycles. The van der Waals surface area contributed by atoms with Gasteiger partial charge >= 0.3 is 0 Å². The van der Waals surface area contributed by atoms with Crippen LogP contribution in [0.1, 0.15) is 22.8 Å². The Labute approximate surface area is 144 Å². The fourth-order valence-electron chi connectivity index (χ4n) is 2.82. The number of aryl methyl sites for hydroxylation is 1.